The first-order valence-corrected chi connectivity index (χ1v) is 14.4. The molecular weight excluding hydrogens is 494 g/mol. The number of methoxy groups -OCH3 is 2. The van der Waals surface area contributed by atoms with Gasteiger partial charge in [0.1, 0.15) is 17.1 Å². The highest BCUT2D eigenvalue weighted by Crippen LogP contribution is 2.46. The van der Waals surface area contributed by atoms with E-state index in [0.717, 1.165) is 85.3 Å². The Balaban J connectivity index is 1.66. The van der Waals surface area contributed by atoms with E-state index in [2.05, 4.69) is 30.9 Å². The number of likely N-dealkylation sites (tertiary alicyclic amines) is 1. The van der Waals surface area contributed by atoms with Crippen LogP contribution in [0.1, 0.15) is 75.0 Å². The van der Waals surface area contributed by atoms with Gasteiger partial charge < -0.3 is 28.3 Å². The first kappa shape index (κ1) is 27.4. The van der Waals surface area contributed by atoms with Crippen molar-refractivity contribution >= 4 is 11.0 Å². The molecular formula is C32H41NO6. The maximum atomic E-state index is 12.9. The van der Waals surface area contributed by atoms with E-state index in [1.807, 2.05) is 12.1 Å². The van der Waals surface area contributed by atoms with Crippen LogP contribution in [0.3, 0.4) is 0 Å². The van der Waals surface area contributed by atoms with Gasteiger partial charge in [-0.2, -0.15) is 0 Å². The molecule has 0 unspecified atom stereocenters. The van der Waals surface area contributed by atoms with Gasteiger partial charge in [-0.05, 0) is 74.4 Å². The molecule has 2 atom stereocenters. The Morgan fingerprint density at radius 3 is 2.64 bits per heavy atom. The van der Waals surface area contributed by atoms with E-state index in [1.165, 1.54) is 12.8 Å². The van der Waals surface area contributed by atoms with E-state index in [9.17, 15) is 4.79 Å². The fourth-order valence-corrected chi connectivity index (χ4v) is 6.21. The molecule has 1 aromatic heterocycles. The molecule has 0 saturated carbocycles. The Labute approximate surface area is 231 Å². The number of piperidine rings is 1. The quantitative estimate of drug-likeness (QED) is 0.204. The minimum Gasteiger partial charge on any atom is -0.496 e. The molecule has 0 N–H and O–H groups in total. The third kappa shape index (κ3) is 5.88. The molecule has 5 rings (SSSR count). The van der Waals surface area contributed by atoms with Crippen LogP contribution in [0.5, 0.6) is 23.0 Å². The molecule has 0 radical (unpaired) electrons. The molecule has 3 heterocycles. The largest absolute Gasteiger partial charge is 0.496 e. The maximum absolute atomic E-state index is 12.9. The van der Waals surface area contributed by atoms with Crippen molar-refractivity contribution in [1.29, 1.82) is 0 Å². The molecule has 0 amide bonds. The number of hydrogen-bond acceptors (Lipinski definition) is 7. The summed E-state index contributed by atoms with van der Waals surface area (Å²) in [7, 11) is 3.32. The summed E-state index contributed by atoms with van der Waals surface area (Å²) in [5.74, 6) is 3.41. The molecule has 2 aliphatic heterocycles. The molecule has 1 fully saturated rings. The highest BCUT2D eigenvalue weighted by molar-refractivity contribution is 5.92. The van der Waals surface area contributed by atoms with Gasteiger partial charge in [0.15, 0.2) is 11.5 Å². The summed E-state index contributed by atoms with van der Waals surface area (Å²) in [5, 5.41) is 0.862. The van der Waals surface area contributed by atoms with Gasteiger partial charge in [0.2, 0.25) is 6.79 Å². The number of nitrogens with zero attached hydrogens (tertiary/aromatic N) is 1. The van der Waals surface area contributed by atoms with Crippen LogP contribution in [0.4, 0.5) is 0 Å². The highest BCUT2D eigenvalue weighted by Gasteiger charge is 2.29. The van der Waals surface area contributed by atoms with Gasteiger partial charge >= 0.3 is 5.63 Å². The molecule has 7 nitrogen and oxygen atoms in total. The number of aryl methyl sites for hydroxylation is 1. The third-order valence-electron chi connectivity index (χ3n) is 8.17. The Bertz CT molecular complexity index is 1350. The molecule has 39 heavy (non-hydrogen) atoms. The van der Waals surface area contributed by atoms with Crippen molar-refractivity contribution in [3.05, 3.63) is 57.4 Å². The maximum Gasteiger partial charge on any atom is 0.336 e. The smallest absolute Gasteiger partial charge is 0.336 e. The normalized spacial score (nSPS) is 17.9. The van der Waals surface area contributed by atoms with Crippen LogP contribution < -0.4 is 24.6 Å². The van der Waals surface area contributed by atoms with E-state index in [-0.39, 0.29) is 18.3 Å². The zero-order valence-electron chi connectivity index (χ0n) is 23.7. The summed E-state index contributed by atoms with van der Waals surface area (Å²) in [5.41, 5.74) is 3.13. The van der Waals surface area contributed by atoms with Crippen LogP contribution in [-0.4, -0.2) is 45.5 Å². The number of hydrogen-bond donors (Lipinski definition) is 0. The van der Waals surface area contributed by atoms with Crippen molar-refractivity contribution in [1.82, 2.24) is 4.90 Å². The first-order valence-electron chi connectivity index (χ1n) is 14.4. The molecule has 2 aliphatic rings. The predicted octanol–water partition coefficient (Wildman–Crippen LogP) is 6.53. The SMILES string of the molecule is CCCCCc1cc(=O)oc2c([C@H](CCN3CCC[C@H](C)C3)c3ccc4c(c3)OCO4)c(OC)cc(OC)c12. The summed E-state index contributed by atoms with van der Waals surface area (Å²) in [6.45, 7) is 7.87. The van der Waals surface area contributed by atoms with Gasteiger partial charge in [-0.15, -0.1) is 0 Å². The van der Waals surface area contributed by atoms with Crippen LogP contribution in [-0.2, 0) is 6.42 Å². The first-order chi connectivity index (χ1) is 19.0. The summed E-state index contributed by atoms with van der Waals surface area (Å²) in [6, 6.07) is 9.70. The molecule has 1 saturated heterocycles. The Kier molecular flexibility index (Phi) is 8.66. The standard InChI is InChI=1S/C32H41NO6/c1-5-6-7-10-23-17-29(34)39-32-30(23)27(35-3)18-28(36-4)31(32)24(13-15-33-14-8-9-21(2)19-33)22-11-12-25-26(16-22)38-20-37-25/h11-12,16-18,21,24H,5-10,13-15,19-20H2,1-4H3/t21-,24+/m0/s1. The van der Waals surface area contributed by atoms with E-state index < -0.39 is 0 Å². The van der Waals surface area contributed by atoms with E-state index in [4.69, 9.17) is 23.4 Å². The molecule has 0 bridgehead atoms. The van der Waals surface area contributed by atoms with Gasteiger partial charge in [0, 0.05) is 30.2 Å². The van der Waals surface area contributed by atoms with Crippen molar-refractivity contribution in [3.63, 3.8) is 0 Å². The van der Waals surface area contributed by atoms with Crippen molar-refractivity contribution in [2.75, 3.05) is 40.6 Å². The average molecular weight is 536 g/mol. The molecule has 2 aromatic carbocycles. The number of rotatable bonds is 11. The molecule has 0 aliphatic carbocycles. The van der Waals surface area contributed by atoms with Crippen LogP contribution in [0.25, 0.3) is 11.0 Å². The van der Waals surface area contributed by atoms with Crippen molar-refractivity contribution in [2.45, 2.75) is 64.7 Å². The predicted molar refractivity (Wildman–Crippen MR) is 153 cm³/mol. The number of unbranched alkanes of at least 4 members (excludes halogenated alkanes) is 2. The topological polar surface area (TPSA) is 70.4 Å². The average Bonchev–Trinajstić information content (AvgIpc) is 3.41. The van der Waals surface area contributed by atoms with Gasteiger partial charge in [-0.25, -0.2) is 4.79 Å². The summed E-state index contributed by atoms with van der Waals surface area (Å²) >= 11 is 0. The van der Waals surface area contributed by atoms with E-state index >= 15 is 0 Å². The fourth-order valence-electron chi connectivity index (χ4n) is 6.21. The second-order valence-corrected chi connectivity index (χ2v) is 10.9. The molecule has 210 valence electrons. The Morgan fingerprint density at radius 1 is 1.05 bits per heavy atom. The Hall–Kier alpha value is -3.19. The number of ether oxygens (including phenoxy) is 4. The second kappa shape index (κ2) is 12.3. The molecule has 7 heteroatoms. The summed E-state index contributed by atoms with van der Waals surface area (Å²) in [4.78, 5) is 15.5. The Morgan fingerprint density at radius 2 is 1.87 bits per heavy atom. The summed E-state index contributed by atoms with van der Waals surface area (Å²) in [6.07, 6.45) is 7.34. The number of benzene rings is 2. The van der Waals surface area contributed by atoms with Crippen molar-refractivity contribution in [3.8, 4) is 23.0 Å². The van der Waals surface area contributed by atoms with Crippen LogP contribution >= 0.6 is 0 Å². The van der Waals surface area contributed by atoms with Gasteiger partial charge in [-0.1, -0.05) is 32.8 Å². The monoisotopic (exact) mass is 535 g/mol. The van der Waals surface area contributed by atoms with Gasteiger partial charge in [0.05, 0.1) is 19.6 Å². The lowest BCUT2D eigenvalue weighted by Gasteiger charge is -2.32. The fraction of sp³-hybridized carbons (Fsp3) is 0.531. The van der Waals surface area contributed by atoms with E-state index in [1.54, 1.807) is 20.3 Å². The zero-order valence-corrected chi connectivity index (χ0v) is 23.7. The molecule has 3 aromatic rings. The van der Waals surface area contributed by atoms with Gasteiger partial charge in [-0.3, -0.25) is 0 Å². The van der Waals surface area contributed by atoms with E-state index in [0.29, 0.717) is 23.0 Å². The third-order valence-corrected chi connectivity index (χ3v) is 8.17. The minimum atomic E-state index is -0.347. The van der Waals surface area contributed by atoms with Gasteiger partial charge in [0.25, 0.3) is 0 Å². The summed E-state index contributed by atoms with van der Waals surface area (Å²) < 4.78 is 29.2. The minimum absolute atomic E-state index is 0.0888. The lowest BCUT2D eigenvalue weighted by atomic mass is 9.85. The lowest BCUT2D eigenvalue weighted by molar-refractivity contribution is 0.174. The van der Waals surface area contributed by atoms with Crippen LogP contribution in [0.2, 0.25) is 0 Å². The van der Waals surface area contributed by atoms with Crippen LogP contribution in [0.15, 0.2) is 39.5 Å². The second-order valence-electron chi connectivity index (χ2n) is 10.9. The molecule has 0 spiro atoms. The lowest BCUT2D eigenvalue weighted by Crippen LogP contribution is -2.35. The van der Waals surface area contributed by atoms with Crippen LogP contribution in [0, 0.1) is 5.92 Å². The zero-order chi connectivity index (χ0) is 27.4. The van der Waals surface area contributed by atoms with Crippen molar-refractivity contribution < 1.29 is 23.4 Å². The highest BCUT2D eigenvalue weighted by atomic mass is 16.7. The number of fused-ring (bicyclic) bond motifs is 2. The van der Waals surface area contributed by atoms with Crippen molar-refractivity contribution in [2.24, 2.45) is 5.92 Å².